The topological polar surface area (TPSA) is 64.0 Å². The van der Waals surface area contributed by atoms with Gasteiger partial charge in [-0.15, -0.1) is 0 Å². The fraction of sp³-hybridized carbons (Fsp3) is 0.292. The minimum absolute atomic E-state index is 0.0568. The maximum atomic E-state index is 12.9. The Labute approximate surface area is 196 Å². The summed E-state index contributed by atoms with van der Waals surface area (Å²) in [6.45, 7) is 1.85. The minimum Gasteiger partial charge on any atom is -0.326 e. The van der Waals surface area contributed by atoms with Gasteiger partial charge in [-0.25, -0.2) is 9.37 Å². The van der Waals surface area contributed by atoms with Crippen molar-refractivity contribution >= 4 is 35.0 Å². The number of carbonyl (C=O) groups is 1. The number of nitrogens with one attached hydrogen (secondary N) is 1. The molecule has 3 rings (SSSR count). The predicted octanol–water partition coefficient (Wildman–Crippen LogP) is 5.37. The van der Waals surface area contributed by atoms with Gasteiger partial charge in [0.25, 0.3) is 5.56 Å². The molecule has 1 amide bonds. The van der Waals surface area contributed by atoms with Gasteiger partial charge in [-0.3, -0.25) is 14.2 Å². The number of hydrogen-bond donors (Lipinski definition) is 1. The van der Waals surface area contributed by atoms with Gasteiger partial charge in [0.2, 0.25) is 5.91 Å². The number of hydrogen-bond acceptors (Lipinski definition) is 4. The van der Waals surface area contributed by atoms with Crippen LogP contribution in [0.2, 0.25) is 5.02 Å². The van der Waals surface area contributed by atoms with Crippen LogP contribution in [0.5, 0.6) is 0 Å². The van der Waals surface area contributed by atoms with Crippen LogP contribution in [0.3, 0.4) is 0 Å². The lowest BCUT2D eigenvalue weighted by Gasteiger charge is -2.12. The molecular formula is C24H25ClFN3O2S. The molecule has 5 nitrogen and oxygen atoms in total. The third-order valence-electron chi connectivity index (χ3n) is 4.98. The molecule has 1 heterocycles. The molecule has 1 N–H and O–H groups in total. The molecule has 0 aliphatic carbocycles. The van der Waals surface area contributed by atoms with Crippen LogP contribution in [0.4, 0.5) is 10.1 Å². The molecule has 0 aliphatic rings. The highest BCUT2D eigenvalue weighted by Crippen LogP contribution is 2.19. The summed E-state index contributed by atoms with van der Waals surface area (Å²) >= 11 is 7.56. The van der Waals surface area contributed by atoms with Crippen molar-refractivity contribution in [2.24, 2.45) is 7.05 Å². The molecule has 0 aliphatic heterocycles. The number of nitrogens with zero attached hydrogens (tertiary/aromatic N) is 2. The van der Waals surface area contributed by atoms with Crippen LogP contribution in [-0.2, 0) is 18.3 Å². The maximum absolute atomic E-state index is 12.9. The summed E-state index contributed by atoms with van der Waals surface area (Å²) < 4.78 is 14.5. The van der Waals surface area contributed by atoms with Crippen LogP contribution in [0, 0.1) is 12.7 Å². The van der Waals surface area contributed by atoms with E-state index in [1.807, 2.05) is 25.1 Å². The molecule has 0 bridgehead atoms. The molecule has 168 valence electrons. The number of halogens is 2. The normalized spacial score (nSPS) is 10.9. The van der Waals surface area contributed by atoms with Crippen molar-refractivity contribution in [3.05, 3.63) is 86.5 Å². The number of aryl methyl sites for hydroxylation is 1. The number of anilines is 1. The van der Waals surface area contributed by atoms with Gasteiger partial charge in [0.05, 0.1) is 0 Å². The Morgan fingerprint density at radius 2 is 1.94 bits per heavy atom. The van der Waals surface area contributed by atoms with Crippen molar-refractivity contribution in [2.75, 3.05) is 11.1 Å². The summed E-state index contributed by atoms with van der Waals surface area (Å²) in [5.41, 5.74) is 2.88. The molecule has 0 unspecified atom stereocenters. The van der Waals surface area contributed by atoms with E-state index in [4.69, 9.17) is 11.6 Å². The first kappa shape index (κ1) is 24.0. The molecular weight excluding hydrogens is 449 g/mol. The van der Waals surface area contributed by atoms with E-state index in [1.54, 1.807) is 17.7 Å². The van der Waals surface area contributed by atoms with Gasteiger partial charge < -0.3 is 5.32 Å². The molecule has 0 saturated heterocycles. The average molecular weight is 474 g/mol. The first-order valence-corrected chi connectivity index (χ1v) is 11.7. The number of rotatable bonds is 9. The molecule has 0 saturated carbocycles. The highest BCUT2D eigenvalue weighted by molar-refractivity contribution is 7.99. The quantitative estimate of drug-likeness (QED) is 0.257. The van der Waals surface area contributed by atoms with E-state index < -0.39 is 0 Å². The Morgan fingerprint density at radius 1 is 1.19 bits per heavy atom. The summed E-state index contributed by atoms with van der Waals surface area (Å²) in [4.78, 5) is 29.5. The largest absolute Gasteiger partial charge is 0.326 e. The molecule has 0 fully saturated rings. The van der Waals surface area contributed by atoms with Gasteiger partial charge in [0.1, 0.15) is 5.82 Å². The summed E-state index contributed by atoms with van der Waals surface area (Å²) in [5.74, 6) is 0.307. The Morgan fingerprint density at radius 3 is 2.66 bits per heavy atom. The lowest BCUT2D eigenvalue weighted by molar-refractivity contribution is -0.116. The molecule has 2 aromatic carbocycles. The summed E-state index contributed by atoms with van der Waals surface area (Å²) in [5, 5.41) is 4.06. The van der Waals surface area contributed by atoms with Gasteiger partial charge in [0, 0.05) is 47.6 Å². The van der Waals surface area contributed by atoms with Crippen molar-refractivity contribution in [3.8, 4) is 0 Å². The van der Waals surface area contributed by atoms with Crippen molar-refractivity contribution in [3.63, 3.8) is 0 Å². The van der Waals surface area contributed by atoms with Crippen LogP contribution in [-0.4, -0.2) is 21.2 Å². The summed E-state index contributed by atoms with van der Waals surface area (Å²) in [7, 11) is 1.73. The molecule has 3 aromatic rings. The van der Waals surface area contributed by atoms with Crippen LogP contribution in [0.1, 0.15) is 36.1 Å². The van der Waals surface area contributed by atoms with Gasteiger partial charge in [-0.1, -0.05) is 35.5 Å². The van der Waals surface area contributed by atoms with E-state index >= 15 is 0 Å². The number of aromatic nitrogens is 2. The maximum Gasteiger partial charge on any atom is 0.257 e. The van der Waals surface area contributed by atoms with Crippen LogP contribution in [0.25, 0.3) is 0 Å². The number of thioether (sulfide) groups is 1. The van der Waals surface area contributed by atoms with E-state index in [0.29, 0.717) is 46.4 Å². The molecule has 0 spiro atoms. The van der Waals surface area contributed by atoms with Crippen LogP contribution < -0.4 is 10.9 Å². The fourth-order valence-corrected chi connectivity index (χ4v) is 4.44. The highest BCUT2D eigenvalue weighted by Gasteiger charge is 2.13. The Kier molecular flexibility index (Phi) is 8.47. The molecule has 8 heteroatoms. The van der Waals surface area contributed by atoms with Gasteiger partial charge in [-0.05, 0) is 61.7 Å². The lowest BCUT2D eigenvalue weighted by atomic mass is 10.1. The second-order valence-electron chi connectivity index (χ2n) is 7.49. The number of carbonyl (C=O) groups excluding carboxylic acids is 1. The number of benzene rings is 2. The zero-order valence-electron chi connectivity index (χ0n) is 18.0. The first-order chi connectivity index (χ1) is 15.3. The zero-order valence-corrected chi connectivity index (χ0v) is 19.6. The minimum atomic E-state index is -0.337. The van der Waals surface area contributed by atoms with E-state index in [2.05, 4.69) is 10.3 Å². The van der Waals surface area contributed by atoms with Crippen LogP contribution >= 0.6 is 23.4 Å². The van der Waals surface area contributed by atoms with Crippen molar-refractivity contribution in [1.82, 2.24) is 9.55 Å². The summed E-state index contributed by atoms with van der Waals surface area (Å²) in [6.07, 6.45) is 2.38. The number of amides is 1. The average Bonchev–Trinajstić information content (AvgIpc) is 2.76. The second kappa shape index (κ2) is 11.3. The van der Waals surface area contributed by atoms with Gasteiger partial charge in [0.15, 0.2) is 5.16 Å². The second-order valence-corrected chi connectivity index (χ2v) is 8.99. The third kappa shape index (κ3) is 6.68. The zero-order chi connectivity index (χ0) is 23.1. The Balaban J connectivity index is 1.50. The first-order valence-electron chi connectivity index (χ1n) is 10.3. The fourth-order valence-electron chi connectivity index (χ4n) is 3.22. The molecule has 1 aromatic heterocycles. The standard InChI is InChI=1S/C24H25ClFN3O2S/c1-16-21(15-17-6-5-7-18(25)14-17)23(31)29(2)24(27-16)32-13-4-3-8-22(30)28-20-11-9-19(26)10-12-20/h5-7,9-12,14H,3-4,8,13,15H2,1-2H3,(H,28,30). The van der Waals surface area contributed by atoms with E-state index in [0.717, 1.165) is 17.7 Å². The third-order valence-corrected chi connectivity index (χ3v) is 6.33. The Bertz CT molecular complexity index is 1150. The van der Waals surface area contributed by atoms with Gasteiger partial charge >= 0.3 is 0 Å². The molecule has 0 atom stereocenters. The van der Waals surface area contributed by atoms with Crippen molar-refractivity contribution in [2.45, 2.75) is 37.8 Å². The van der Waals surface area contributed by atoms with Crippen molar-refractivity contribution < 1.29 is 9.18 Å². The van der Waals surface area contributed by atoms with Crippen LogP contribution in [0.15, 0.2) is 58.5 Å². The van der Waals surface area contributed by atoms with Crippen molar-refractivity contribution in [1.29, 1.82) is 0 Å². The van der Waals surface area contributed by atoms with E-state index in [1.165, 1.54) is 36.0 Å². The van der Waals surface area contributed by atoms with Gasteiger partial charge in [-0.2, -0.15) is 0 Å². The smallest absolute Gasteiger partial charge is 0.257 e. The molecule has 32 heavy (non-hydrogen) atoms. The summed E-state index contributed by atoms with van der Waals surface area (Å²) in [6, 6.07) is 13.2. The SMILES string of the molecule is Cc1nc(SCCCCC(=O)Nc2ccc(F)cc2)n(C)c(=O)c1Cc1cccc(Cl)c1. The predicted molar refractivity (Wildman–Crippen MR) is 128 cm³/mol. The molecule has 0 radical (unpaired) electrons. The van der Waals surface area contributed by atoms with E-state index in [9.17, 15) is 14.0 Å². The Hall–Kier alpha value is -2.64. The lowest BCUT2D eigenvalue weighted by Crippen LogP contribution is -2.25. The van der Waals surface area contributed by atoms with E-state index in [-0.39, 0.29) is 17.3 Å². The number of unbranched alkanes of at least 4 members (excludes halogenated alkanes) is 1. The highest BCUT2D eigenvalue weighted by atomic mass is 35.5. The monoisotopic (exact) mass is 473 g/mol.